The van der Waals surface area contributed by atoms with E-state index in [9.17, 15) is 18.0 Å². The van der Waals surface area contributed by atoms with Gasteiger partial charge in [-0.05, 0) is 19.1 Å². The van der Waals surface area contributed by atoms with Crippen LogP contribution < -0.4 is 4.74 Å². The van der Waals surface area contributed by atoms with Crippen LogP contribution >= 0.6 is 0 Å². The van der Waals surface area contributed by atoms with Gasteiger partial charge in [-0.1, -0.05) is 29.8 Å². The third-order valence-corrected chi connectivity index (χ3v) is 2.95. The molecular weight excluding hydrogens is 307 g/mol. The molecule has 0 heterocycles. The Morgan fingerprint density at radius 1 is 1.13 bits per heavy atom. The highest BCUT2D eigenvalue weighted by Gasteiger charge is 2.20. The fourth-order valence-electron chi connectivity index (χ4n) is 1.72. The Hall–Kier alpha value is -3.07. The lowest BCUT2D eigenvalue weighted by Gasteiger charge is -2.05. The van der Waals surface area contributed by atoms with Gasteiger partial charge in [0.05, 0.1) is 5.56 Å². The zero-order valence-electron chi connectivity index (χ0n) is 11.9. The first kappa shape index (κ1) is 16.3. The highest BCUT2D eigenvalue weighted by Crippen LogP contribution is 2.24. The number of nitriles is 1. The van der Waals surface area contributed by atoms with Gasteiger partial charge in [-0.25, -0.2) is 13.6 Å². The summed E-state index contributed by atoms with van der Waals surface area (Å²) in [5, 5.41) is 8.58. The largest absolute Gasteiger partial charge is 0.421 e. The molecule has 0 radical (unpaired) electrons. The molecule has 0 aliphatic heterocycles. The average molecular weight is 317 g/mol. The zero-order valence-corrected chi connectivity index (χ0v) is 11.9. The molecule has 2 aromatic carbocycles. The molecule has 0 amide bonds. The number of halogens is 3. The summed E-state index contributed by atoms with van der Waals surface area (Å²) in [6.07, 6.45) is 0. The van der Waals surface area contributed by atoms with Crippen LogP contribution in [0.3, 0.4) is 0 Å². The molecular formula is C17H10F3NO2. The van der Waals surface area contributed by atoms with E-state index in [1.807, 2.05) is 0 Å². The second-order valence-electron chi connectivity index (χ2n) is 4.64. The maximum Gasteiger partial charge on any atom is 0.375 e. The molecule has 2 aromatic rings. The lowest BCUT2D eigenvalue weighted by Crippen LogP contribution is -2.10. The molecule has 0 saturated carbocycles. The lowest BCUT2D eigenvalue weighted by atomic mass is 10.1. The minimum atomic E-state index is -1.72. The number of nitrogens with zero attached hydrogens (tertiary/aromatic N) is 1. The van der Waals surface area contributed by atoms with E-state index in [2.05, 4.69) is 4.74 Å². The van der Waals surface area contributed by atoms with E-state index in [0.717, 1.165) is 23.8 Å². The van der Waals surface area contributed by atoms with Crippen LogP contribution in [0.4, 0.5) is 13.2 Å². The Kier molecular flexibility index (Phi) is 4.82. The number of benzene rings is 2. The summed E-state index contributed by atoms with van der Waals surface area (Å²) < 4.78 is 45.6. The summed E-state index contributed by atoms with van der Waals surface area (Å²) in [5.74, 6) is -5.95. The quantitative estimate of drug-likeness (QED) is 0.484. The molecule has 6 heteroatoms. The van der Waals surface area contributed by atoms with Crippen molar-refractivity contribution in [1.82, 2.24) is 0 Å². The standard InChI is InChI=1S/C17H10F3NO2/c1-10-2-4-11(5-3-10)15(19)16(20)17(22)23-13-7-6-12(9-21)14(18)8-13/h2-8H,1H3/b16-15-. The Labute approximate surface area is 130 Å². The normalized spacial score (nSPS) is 11.4. The Bertz CT molecular complexity index is 821. The molecule has 23 heavy (non-hydrogen) atoms. The van der Waals surface area contributed by atoms with Crippen LogP contribution in [0.25, 0.3) is 5.83 Å². The van der Waals surface area contributed by atoms with Gasteiger partial charge in [0.2, 0.25) is 5.83 Å². The van der Waals surface area contributed by atoms with Gasteiger partial charge < -0.3 is 4.74 Å². The topological polar surface area (TPSA) is 50.1 Å². The highest BCUT2D eigenvalue weighted by molar-refractivity contribution is 5.94. The fourth-order valence-corrected chi connectivity index (χ4v) is 1.72. The summed E-state index contributed by atoms with van der Waals surface area (Å²) in [5.41, 5.74) is 0.473. The fraction of sp³-hybridized carbons (Fsp3) is 0.0588. The molecule has 3 nitrogen and oxygen atoms in total. The van der Waals surface area contributed by atoms with Crippen molar-refractivity contribution in [3.63, 3.8) is 0 Å². The first-order valence-electron chi connectivity index (χ1n) is 6.46. The van der Waals surface area contributed by atoms with Crippen molar-refractivity contribution in [1.29, 1.82) is 5.26 Å². The van der Waals surface area contributed by atoms with Crippen molar-refractivity contribution in [3.8, 4) is 11.8 Å². The molecule has 2 rings (SSSR count). The SMILES string of the molecule is Cc1ccc(/C(F)=C(/F)C(=O)Oc2ccc(C#N)c(F)c2)cc1. The van der Waals surface area contributed by atoms with Crippen molar-refractivity contribution in [2.24, 2.45) is 0 Å². The van der Waals surface area contributed by atoms with Gasteiger partial charge in [0.1, 0.15) is 17.6 Å². The van der Waals surface area contributed by atoms with Crippen molar-refractivity contribution in [2.75, 3.05) is 0 Å². The Balaban J connectivity index is 2.22. The molecule has 0 fully saturated rings. The number of carbonyl (C=O) groups is 1. The first-order valence-corrected chi connectivity index (χ1v) is 6.46. The highest BCUT2D eigenvalue weighted by atomic mass is 19.2. The average Bonchev–Trinajstić information content (AvgIpc) is 2.54. The van der Waals surface area contributed by atoms with Crippen molar-refractivity contribution < 1.29 is 22.7 Å². The molecule has 0 bridgehead atoms. The molecule has 0 aliphatic carbocycles. The molecule has 116 valence electrons. The van der Waals surface area contributed by atoms with Crippen LogP contribution in [0, 0.1) is 24.1 Å². The molecule has 0 atom stereocenters. The molecule has 0 saturated heterocycles. The van der Waals surface area contributed by atoms with Crippen molar-refractivity contribution >= 4 is 11.8 Å². The monoisotopic (exact) mass is 317 g/mol. The number of hydrogen-bond donors (Lipinski definition) is 0. The van der Waals surface area contributed by atoms with E-state index in [0.29, 0.717) is 0 Å². The third kappa shape index (κ3) is 3.77. The van der Waals surface area contributed by atoms with Gasteiger partial charge in [-0.2, -0.15) is 9.65 Å². The second-order valence-corrected chi connectivity index (χ2v) is 4.64. The zero-order chi connectivity index (χ0) is 17.0. The summed E-state index contributed by atoms with van der Waals surface area (Å²) in [6, 6.07) is 10.3. The maximum atomic E-state index is 13.9. The second kappa shape index (κ2) is 6.79. The number of hydrogen-bond acceptors (Lipinski definition) is 3. The van der Waals surface area contributed by atoms with Crippen molar-refractivity contribution in [3.05, 3.63) is 70.8 Å². The molecule has 0 unspecified atom stereocenters. The van der Waals surface area contributed by atoms with Crippen LogP contribution in [-0.4, -0.2) is 5.97 Å². The van der Waals surface area contributed by atoms with E-state index in [1.165, 1.54) is 12.1 Å². The molecule has 0 aliphatic rings. The van der Waals surface area contributed by atoms with Gasteiger partial charge in [0.25, 0.3) is 0 Å². The number of carbonyl (C=O) groups excluding carboxylic acids is 1. The number of ether oxygens (including phenoxy) is 1. The first-order chi connectivity index (χ1) is 10.9. The van der Waals surface area contributed by atoms with Crippen molar-refractivity contribution in [2.45, 2.75) is 6.92 Å². The van der Waals surface area contributed by atoms with Crippen LogP contribution in [0.15, 0.2) is 48.3 Å². The third-order valence-electron chi connectivity index (χ3n) is 2.95. The van der Waals surface area contributed by atoms with Gasteiger partial charge >= 0.3 is 5.97 Å². The molecule has 0 spiro atoms. The summed E-state index contributed by atoms with van der Waals surface area (Å²) in [4.78, 5) is 11.6. The van der Waals surface area contributed by atoms with Gasteiger partial charge in [0, 0.05) is 11.6 Å². The summed E-state index contributed by atoms with van der Waals surface area (Å²) in [7, 11) is 0. The van der Waals surface area contributed by atoms with Gasteiger partial charge in [-0.15, -0.1) is 0 Å². The molecule has 0 aromatic heterocycles. The number of aryl methyl sites for hydroxylation is 1. The van der Waals surface area contributed by atoms with Gasteiger partial charge in [0.15, 0.2) is 5.83 Å². The Morgan fingerprint density at radius 2 is 1.78 bits per heavy atom. The van der Waals surface area contributed by atoms with E-state index in [1.54, 1.807) is 25.1 Å². The van der Waals surface area contributed by atoms with Gasteiger partial charge in [-0.3, -0.25) is 0 Å². The van der Waals surface area contributed by atoms with E-state index < -0.39 is 23.4 Å². The smallest absolute Gasteiger partial charge is 0.375 e. The molecule has 0 N–H and O–H groups in total. The van der Waals surface area contributed by atoms with Crippen LogP contribution in [0.2, 0.25) is 0 Å². The summed E-state index contributed by atoms with van der Waals surface area (Å²) >= 11 is 0. The predicted molar refractivity (Wildman–Crippen MR) is 77.1 cm³/mol. The number of esters is 1. The van der Waals surface area contributed by atoms with Crippen LogP contribution in [-0.2, 0) is 4.79 Å². The van der Waals surface area contributed by atoms with Crippen LogP contribution in [0.5, 0.6) is 5.75 Å². The lowest BCUT2D eigenvalue weighted by molar-refractivity contribution is -0.131. The minimum absolute atomic E-state index is 0.115. The predicted octanol–water partition coefficient (Wildman–Crippen LogP) is 4.22. The number of rotatable bonds is 3. The Morgan fingerprint density at radius 3 is 2.35 bits per heavy atom. The summed E-state index contributed by atoms with van der Waals surface area (Å²) in [6.45, 7) is 1.77. The van der Waals surface area contributed by atoms with E-state index >= 15 is 0 Å². The van der Waals surface area contributed by atoms with Crippen LogP contribution in [0.1, 0.15) is 16.7 Å². The minimum Gasteiger partial charge on any atom is -0.421 e. The maximum absolute atomic E-state index is 13.9. The van der Waals surface area contributed by atoms with E-state index in [-0.39, 0.29) is 16.9 Å². The van der Waals surface area contributed by atoms with E-state index in [4.69, 9.17) is 5.26 Å².